The molecule has 1 aromatic rings. The van der Waals surface area contributed by atoms with Crippen molar-refractivity contribution in [3.05, 3.63) is 41.2 Å². The van der Waals surface area contributed by atoms with Crippen molar-refractivity contribution in [3.63, 3.8) is 0 Å². The van der Waals surface area contributed by atoms with Gasteiger partial charge in [0.2, 0.25) is 0 Å². The van der Waals surface area contributed by atoms with Gasteiger partial charge in [0.15, 0.2) is 0 Å². The van der Waals surface area contributed by atoms with Gasteiger partial charge in [0.05, 0.1) is 0 Å². The number of anilines is 1. The van der Waals surface area contributed by atoms with Gasteiger partial charge in [0.1, 0.15) is 5.82 Å². The zero-order chi connectivity index (χ0) is 12.4. The Morgan fingerprint density at radius 1 is 1.35 bits per heavy atom. The minimum Gasteiger partial charge on any atom is -0.367 e. The lowest BCUT2D eigenvalue weighted by atomic mass is 10.0. The molecular formula is C14H19FN2. The molecule has 1 aliphatic rings. The van der Waals surface area contributed by atoms with Crippen LogP contribution in [0.25, 0.3) is 0 Å². The number of benzene rings is 1. The van der Waals surface area contributed by atoms with Gasteiger partial charge in [-0.25, -0.2) is 4.39 Å². The molecule has 0 aliphatic carbocycles. The number of nitrogens with two attached hydrogens (primary N) is 1. The van der Waals surface area contributed by atoms with E-state index in [4.69, 9.17) is 5.73 Å². The van der Waals surface area contributed by atoms with Gasteiger partial charge in [-0.1, -0.05) is 12.2 Å². The Bertz CT molecular complexity index is 438. The molecule has 3 heteroatoms. The second kappa shape index (κ2) is 4.88. The topological polar surface area (TPSA) is 29.3 Å². The van der Waals surface area contributed by atoms with Crippen LogP contribution in [0.15, 0.2) is 24.3 Å². The minimum absolute atomic E-state index is 0.147. The molecule has 0 spiro atoms. The van der Waals surface area contributed by atoms with E-state index in [1.54, 1.807) is 13.0 Å². The summed E-state index contributed by atoms with van der Waals surface area (Å²) in [5.41, 5.74) is 8.57. The van der Waals surface area contributed by atoms with Crippen LogP contribution in [0.4, 0.5) is 10.1 Å². The van der Waals surface area contributed by atoms with Crippen molar-refractivity contribution in [2.45, 2.75) is 26.3 Å². The van der Waals surface area contributed by atoms with Crippen molar-refractivity contribution in [3.8, 4) is 0 Å². The third-order valence-corrected chi connectivity index (χ3v) is 3.20. The second-order valence-electron chi connectivity index (χ2n) is 4.65. The van der Waals surface area contributed by atoms with Crippen LogP contribution in [0.3, 0.4) is 0 Å². The van der Waals surface area contributed by atoms with E-state index in [9.17, 15) is 4.39 Å². The molecule has 1 aliphatic heterocycles. The molecule has 1 heterocycles. The van der Waals surface area contributed by atoms with Crippen LogP contribution in [0.2, 0.25) is 0 Å². The Hall–Kier alpha value is -1.35. The Balaban J connectivity index is 2.43. The molecule has 92 valence electrons. The van der Waals surface area contributed by atoms with Gasteiger partial charge >= 0.3 is 0 Å². The first kappa shape index (κ1) is 12.1. The van der Waals surface area contributed by atoms with Gasteiger partial charge in [-0.3, -0.25) is 0 Å². The molecule has 1 unspecified atom stereocenters. The van der Waals surface area contributed by atoms with E-state index >= 15 is 0 Å². The first-order valence-electron chi connectivity index (χ1n) is 6.05. The first-order chi connectivity index (χ1) is 8.09. The third kappa shape index (κ3) is 2.50. The molecule has 2 N–H and O–H groups in total. The van der Waals surface area contributed by atoms with E-state index in [0.29, 0.717) is 5.56 Å². The Kier molecular flexibility index (Phi) is 3.48. The smallest absolute Gasteiger partial charge is 0.126 e. The summed E-state index contributed by atoms with van der Waals surface area (Å²) in [6.07, 6.45) is 5.36. The molecule has 0 aromatic heterocycles. The maximum absolute atomic E-state index is 13.6. The van der Waals surface area contributed by atoms with Crippen LogP contribution in [0.5, 0.6) is 0 Å². The van der Waals surface area contributed by atoms with Gasteiger partial charge in [-0.2, -0.15) is 0 Å². The molecule has 2 rings (SSSR count). The fraction of sp³-hybridized carbons (Fsp3) is 0.429. The molecule has 0 amide bonds. The van der Waals surface area contributed by atoms with Crippen molar-refractivity contribution in [1.29, 1.82) is 0 Å². The van der Waals surface area contributed by atoms with Gasteiger partial charge in [0, 0.05) is 24.8 Å². The van der Waals surface area contributed by atoms with Crippen molar-refractivity contribution < 1.29 is 4.39 Å². The Morgan fingerprint density at radius 3 is 2.71 bits per heavy atom. The van der Waals surface area contributed by atoms with Crippen LogP contribution < -0.4 is 10.6 Å². The summed E-state index contributed by atoms with van der Waals surface area (Å²) >= 11 is 0. The zero-order valence-electron chi connectivity index (χ0n) is 10.4. The van der Waals surface area contributed by atoms with E-state index in [1.807, 2.05) is 13.0 Å². The van der Waals surface area contributed by atoms with Crippen molar-refractivity contribution in [1.82, 2.24) is 0 Å². The predicted molar refractivity (Wildman–Crippen MR) is 69.7 cm³/mol. The molecule has 17 heavy (non-hydrogen) atoms. The maximum Gasteiger partial charge on any atom is 0.126 e. The Labute approximate surface area is 102 Å². The quantitative estimate of drug-likeness (QED) is 0.797. The summed E-state index contributed by atoms with van der Waals surface area (Å²) in [7, 11) is 0. The average molecular weight is 234 g/mol. The number of aryl methyl sites for hydroxylation is 1. The molecule has 1 atom stereocenters. The standard InChI is InChI=1S/C14H19FN2/c1-10-8-14(17-6-4-3-5-7-17)12(11(2)16)9-13(10)15/h3-4,8-9,11H,5-7,16H2,1-2H3. The minimum atomic E-state index is -0.173. The summed E-state index contributed by atoms with van der Waals surface area (Å²) in [6, 6.07) is 3.34. The van der Waals surface area contributed by atoms with Gasteiger partial charge in [-0.05, 0) is 43.5 Å². The monoisotopic (exact) mass is 234 g/mol. The summed E-state index contributed by atoms with van der Waals surface area (Å²) < 4.78 is 13.6. The van der Waals surface area contributed by atoms with Crippen LogP contribution >= 0.6 is 0 Å². The molecule has 0 fully saturated rings. The summed E-state index contributed by atoms with van der Waals surface area (Å²) in [5, 5.41) is 0. The van der Waals surface area contributed by atoms with Gasteiger partial charge in [-0.15, -0.1) is 0 Å². The van der Waals surface area contributed by atoms with Crippen LogP contribution in [-0.2, 0) is 0 Å². The van der Waals surface area contributed by atoms with Crippen LogP contribution in [-0.4, -0.2) is 13.1 Å². The second-order valence-corrected chi connectivity index (χ2v) is 4.65. The SMILES string of the molecule is Cc1cc(N2CC=CCC2)c(C(C)N)cc1F. The number of halogens is 1. The van der Waals surface area contributed by atoms with E-state index in [1.165, 1.54) is 0 Å². The molecular weight excluding hydrogens is 215 g/mol. The normalized spacial score (nSPS) is 17.3. The van der Waals surface area contributed by atoms with Crippen LogP contribution in [0.1, 0.15) is 30.5 Å². The Morgan fingerprint density at radius 2 is 2.12 bits per heavy atom. The van der Waals surface area contributed by atoms with Gasteiger partial charge < -0.3 is 10.6 Å². The van der Waals surface area contributed by atoms with E-state index < -0.39 is 0 Å². The third-order valence-electron chi connectivity index (χ3n) is 3.20. The van der Waals surface area contributed by atoms with Crippen LogP contribution in [0, 0.1) is 12.7 Å². The molecule has 0 saturated carbocycles. The molecule has 0 saturated heterocycles. The number of nitrogens with zero attached hydrogens (tertiary/aromatic N) is 1. The summed E-state index contributed by atoms with van der Waals surface area (Å²) in [5.74, 6) is -0.173. The number of rotatable bonds is 2. The summed E-state index contributed by atoms with van der Waals surface area (Å²) in [4.78, 5) is 2.26. The largest absolute Gasteiger partial charge is 0.367 e. The lowest BCUT2D eigenvalue weighted by Crippen LogP contribution is -2.29. The summed E-state index contributed by atoms with van der Waals surface area (Å²) in [6.45, 7) is 5.54. The van der Waals surface area contributed by atoms with E-state index in [0.717, 1.165) is 30.8 Å². The lowest BCUT2D eigenvalue weighted by Gasteiger charge is -2.29. The molecule has 0 radical (unpaired) electrons. The highest BCUT2D eigenvalue weighted by atomic mass is 19.1. The average Bonchev–Trinajstić information content (AvgIpc) is 2.33. The van der Waals surface area contributed by atoms with Crippen molar-refractivity contribution >= 4 is 5.69 Å². The fourth-order valence-electron chi connectivity index (χ4n) is 2.18. The van der Waals surface area contributed by atoms with Crippen molar-refractivity contribution in [2.75, 3.05) is 18.0 Å². The van der Waals surface area contributed by atoms with E-state index in [2.05, 4.69) is 17.1 Å². The molecule has 0 bridgehead atoms. The highest BCUT2D eigenvalue weighted by molar-refractivity contribution is 5.58. The van der Waals surface area contributed by atoms with Crippen molar-refractivity contribution in [2.24, 2.45) is 5.73 Å². The lowest BCUT2D eigenvalue weighted by molar-refractivity contribution is 0.612. The van der Waals surface area contributed by atoms with E-state index in [-0.39, 0.29) is 11.9 Å². The first-order valence-corrected chi connectivity index (χ1v) is 6.05. The molecule has 1 aromatic carbocycles. The fourth-order valence-corrected chi connectivity index (χ4v) is 2.18. The number of hydrogen-bond donors (Lipinski definition) is 1. The molecule has 2 nitrogen and oxygen atoms in total. The maximum atomic E-state index is 13.6. The predicted octanol–water partition coefficient (Wildman–Crippen LogP) is 2.92. The van der Waals surface area contributed by atoms with Gasteiger partial charge in [0.25, 0.3) is 0 Å². The highest BCUT2D eigenvalue weighted by Gasteiger charge is 2.16. The number of hydrogen-bond acceptors (Lipinski definition) is 2. The highest BCUT2D eigenvalue weighted by Crippen LogP contribution is 2.29. The zero-order valence-corrected chi connectivity index (χ0v) is 10.4.